The molecule has 0 spiro atoms. The van der Waals surface area contributed by atoms with Gasteiger partial charge in [0.25, 0.3) is 0 Å². The molecular formula is C10H20ClNO2. The van der Waals surface area contributed by atoms with Gasteiger partial charge in [0.05, 0.1) is 6.42 Å². The monoisotopic (exact) mass is 221 g/mol. The molecule has 0 unspecified atom stereocenters. The molecular weight excluding hydrogens is 202 g/mol. The summed E-state index contributed by atoms with van der Waals surface area (Å²) >= 11 is 0. The second-order valence-electron chi connectivity index (χ2n) is 4.79. The van der Waals surface area contributed by atoms with Gasteiger partial charge in [-0.05, 0) is 39.5 Å². The van der Waals surface area contributed by atoms with Gasteiger partial charge in [-0.3, -0.25) is 4.79 Å². The van der Waals surface area contributed by atoms with Gasteiger partial charge in [-0.25, -0.2) is 0 Å². The van der Waals surface area contributed by atoms with Crippen molar-refractivity contribution in [2.75, 3.05) is 0 Å². The summed E-state index contributed by atoms with van der Waals surface area (Å²) in [4.78, 5) is 11.3. The van der Waals surface area contributed by atoms with Gasteiger partial charge in [0, 0.05) is 6.04 Å². The molecule has 0 aromatic carbocycles. The molecule has 1 aliphatic carbocycles. The highest BCUT2D eigenvalue weighted by molar-refractivity contribution is 5.85. The lowest BCUT2D eigenvalue weighted by Gasteiger charge is -2.20. The molecule has 0 amide bonds. The van der Waals surface area contributed by atoms with E-state index in [-0.39, 0.29) is 30.0 Å². The second-order valence-corrected chi connectivity index (χ2v) is 4.79. The van der Waals surface area contributed by atoms with E-state index in [0.717, 1.165) is 0 Å². The Bertz CT molecular complexity index is 197. The maximum atomic E-state index is 11.3. The third-order valence-electron chi connectivity index (χ3n) is 2.05. The van der Waals surface area contributed by atoms with E-state index < -0.39 is 0 Å². The van der Waals surface area contributed by atoms with E-state index in [0.29, 0.717) is 12.3 Å². The molecule has 0 radical (unpaired) electrons. The Kier molecular flexibility index (Phi) is 4.89. The minimum absolute atomic E-state index is 0. The van der Waals surface area contributed by atoms with Crippen LogP contribution in [0.15, 0.2) is 0 Å². The van der Waals surface area contributed by atoms with Gasteiger partial charge >= 0.3 is 5.97 Å². The molecule has 14 heavy (non-hydrogen) atoms. The number of rotatable bonds is 3. The molecule has 0 aromatic rings. The summed E-state index contributed by atoms with van der Waals surface area (Å²) in [6.45, 7) is 5.61. The van der Waals surface area contributed by atoms with Gasteiger partial charge in [0.1, 0.15) is 5.60 Å². The van der Waals surface area contributed by atoms with Crippen LogP contribution in [0, 0.1) is 5.92 Å². The number of nitrogens with two attached hydrogens (primary N) is 1. The van der Waals surface area contributed by atoms with Crippen molar-refractivity contribution in [2.24, 2.45) is 11.7 Å². The quantitative estimate of drug-likeness (QED) is 0.741. The van der Waals surface area contributed by atoms with Crippen molar-refractivity contribution < 1.29 is 9.53 Å². The number of carbonyl (C=O) groups is 1. The van der Waals surface area contributed by atoms with E-state index in [1.807, 2.05) is 20.8 Å². The molecule has 1 atom stereocenters. The summed E-state index contributed by atoms with van der Waals surface area (Å²) in [7, 11) is 0. The Morgan fingerprint density at radius 2 is 2.00 bits per heavy atom. The Morgan fingerprint density at radius 3 is 2.36 bits per heavy atom. The van der Waals surface area contributed by atoms with Crippen LogP contribution in [0.3, 0.4) is 0 Å². The molecule has 0 bridgehead atoms. The summed E-state index contributed by atoms with van der Waals surface area (Å²) in [6.07, 6.45) is 2.70. The van der Waals surface area contributed by atoms with Crippen LogP contribution >= 0.6 is 12.4 Å². The number of hydrogen-bond donors (Lipinski definition) is 1. The Hall–Kier alpha value is -0.280. The van der Waals surface area contributed by atoms with Crippen LogP contribution in [0.1, 0.15) is 40.0 Å². The summed E-state index contributed by atoms with van der Waals surface area (Å²) in [6, 6.07) is 0.00912. The van der Waals surface area contributed by atoms with Gasteiger partial charge < -0.3 is 10.5 Å². The second kappa shape index (κ2) is 4.99. The lowest BCUT2D eigenvalue weighted by atomic mass is 10.1. The maximum absolute atomic E-state index is 11.3. The molecule has 0 aliphatic heterocycles. The topological polar surface area (TPSA) is 52.3 Å². The van der Waals surface area contributed by atoms with Crippen LogP contribution in [-0.2, 0) is 9.53 Å². The first-order valence-corrected chi connectivity index (χ1v) is 4.86. The van der Waals surface area contributed by atoms with Gasteiger partial charge in [-0.15, -0.1) is 12.4 Å². The minimum atomic E-state index is -0.389. The predicted octanol–water partition coefficient (Wildman–Crippen LogP) is 1.88. The first-order valence-electron chi connectivity index (χ1n) is 4.86. The molecule has 1 fully saturated rings. The fourth-order valence-corrected chi connectivity index (χ4v) is 1.27. The average molecular weight is 222 g/mol. The number of halogens is 1. The highest BCUT2D eigenvalue weighted by atomic mass is 35.5. The first-order chi connectivity index (χ1) is 5.88. The Labute approximate surface area is 91.8 Å². The van der Waals surface area contributed by atoms with Gasteiger partial charge in [-0.2, -0.15) is 0 Å². The summed E-state index contributed by atoms with van der Waals surface area (Å²) < 4.78 is 5.17. The molecule has 1 saturated carbocycles. The van der Waals surface area contributed by atoms with Crippen molar-refractivity contribution in [1.82, 2.24) is 0 Å². The molecule has 4 heteroatoms. The van der Waals surface area contributed by atoms with E-state index >= 15 is 0 Å². The molecule has 3 nitrogen and oxygen atoms in total. The Balaban J connectivity index is 0.00000169. The highest BCUT2D eigenvalue weighted by Crippen LogP contribution is 2.33. The number of hydrogen-bond acceptors (Lipinski definition) is 3. The lowest BCUT2D eigenvalue weighted by molar-refractivity contribution is -0.155. The molecule has 0 saturated heterocycles. The van der Waals surface area contributed by atoms with E-state index in [9.17, 15) is 4.79 Å². The van der Waals surface area contributed by atoms with Crippen LogP contribution in [0.4, 0.5) is 0 Å². The fraction of sp³-hybridized carbons (Fsp3) is 0.900. The molecule has 1 aliphatic rings. The van der Waals surface area contributed by atoms with Crippen LogP contribution in [0.25, 0.3) is 0 Å². The van der Waals surface area contributed by atoms with Crippen molar-refractivity contribution in [3.8, 4) is 0 Å². The van der Waals surface area contributed by atoms with Gasteiger partial charge in [0.15, 0.2) is 0 Å². The van der Waals surface area contributed by atoms with E-state index in [1.165, 1.54) is 12.8 Å². The zero-order chi connectivity index (χ0) is 10.1. The summed E-state index contributed by atoms with van der Waals surface area (Å²) in [5.74, 6) is 0.388. The third kappa shape index (κ3) is 5.45. The standard InChI is InChI=1S/C10H19NO2.ClH/c1-10(2,3)13-9(12)6-8(11)7-4-5-7;/h7-8H,4-6,11H2,1-3H3;1H/t8-;/m1./s1. The maximum Gasteiger partial charge on any atom is 0.307 e. The number of ether oxygens (including phenoxy) is 1. The summed E-state index contributed by atoms with van der Waals surface area (Å²) in [5, 5.41) is 0. The molecule has 0 aromatic heterocycles. The fourth-order valence-electron chi connectivity index (χ4n) is 1.27. The van der Waals surface area contributed by atoms with E-state index in [4.69, 9.17) is 10.5 Å². The van der Waals surface area contributed by atoms with Crippen LogP contribution in [0.2, 0.25) is 0 Å². The zero-order valence-corrected chi connectivity index (χ0v) is 9.89. The summed E-state index contributed by atoms with van der Waals surface area (Å²) in [5.41, 5.74) is 5.41. The van der Waals surface area contributed by atoms with Gasteiger partial charge in [0.2, 0.25) is 0 Å². The predicted molar refractivity (Wildman–Crippen MR) is 58.4 cm³/mol. The SMILES string of the molecule is CC(C)(C)OC(=O)C[C@@H](N)C1CC1.Cl. The van der Waals surface area contributed by atoms with Crippen molar-refractivity contribution in [3.05, 3.63) is 0 Å². The lowest BCUT2D eigenvalue weighted by Crippen LogP contribution is -2.31. The minimum Gasteiger partial charge on any atom is -0.460 e. The smallest absolute Gasteiger partial charge is 0.307 e. The van der Waals surface area contributed by atoms with Crippen molar-refractivity contribution in [3.63, 3.8) is 0 Å². The molecule has 1 rings (SSSR count). The first kappa shape index (κ1) is 13.7. The van der Waals surface area contributed by atoms with Crippen molar-refractivity contribution in [1.29, 1.82) is 0 Å². The zero-order valence-electron chi connectivity index (χ0n) is 9.08. The molecule has 2 N–H and O–H groups in total. The van der Waals surface area contributed by atoms with Crippen LogP contribution in [0.5, 0.6) is 0 Å². The van der Waals surface area contributed by atoms with Crippen molar-refractivity contribution in [2.45, 2.75) is 51.7 Å². The van der Waals surface area contributed by atoms with Crippen LogP contribution < -0.4 is 5.73 Å². The number of carbonyl (C=O) groups excluding carboxylic acids is 1. The Morgan fingerprint density at radius 1 is 1.50 bits per heavy atom. The van der Waals surface area contributed by atoms with E-state index in [1.54, 1.807) is 0 Å². The van der Waals surface area contributed by atoms with E-state index in [2.05, 4.69) is 0 Å². The highest BCUT2D eigenvalue weighted by Gasteiger charge is 2.31. The largest absolute Gasteiger partial charge is 0.460 e. The average Bonchev–Trinajstić information content (AvgIpc) is 2.60. The molecule has 84 valence electrons. The van der Waals surface area contributed by atoms with Crippen LogP contribution in [-0.4, -0.2) is 17.6 Å². The number of esters is 1. The third-order valence-corrected chi connectivity index (χ3v) is 2.05. The van der Waals surface area contributed by atoms with Gasteiger partial charge in [-0.1, -0.05) is 0 Å². The normalized spacial score (nSPS) is 18.3. The molecule has 0 heterocycles. The van der Waals surface area contributed by atoms with Crippen molar-refractivity contribution >= 4 is 18.4 Å².